The van der Waals surface area contributed by atoms with Crippen molar-refractivity contribution >= 4 is 23.7 Å². The van der Waals surface area contributed by atoms with Crippen LogP contribution < -0.4 is 5.73 Å². The molecule has 0 amide bonds. The van der Waals surface area contributed by atoms with Gasteiger partial charge in [0, 0.05) is 20.4 Å². The van der Waals surface area contributed by atoms with Crippen LogP contribution in [-0.4, -0.2) is 35.7 Å². The zero-order valence-corrected chi connectivity index (χ0v) is 25.6. The standard InChI is InChI=1S/C16H31P.C12H10N.CH4O3S.Pd/c1-16(2,3)17(14-10-6-4-7-11-14)15-12-8-5-9-13-15;13-12-9-5-4-8-11(12)10-6-2-1-3-7-10;1-5(2,3)4;/h14-15H,4-13H2,1-3H3;1-6,8-9H,13H2;1H3,(H,2,3,4);/q;-1;;. The van der Waals surface area contributed by atoms with E-state index in [-0.39, 0.29) is 28.3 Å². The smallest absolute Gasteiger partial charge is 0.261 e. The number of hydrogen-bond donors (Lipinski definition) is 2. The molecule has 0 spiro atoms. The second kappa shape index (κ2) is 16.3. The van der Waals surface area contributed by atoms with E-state index in [1.807, 2.05) is 48.5 Å². The molecule has 2 aromatic rings. The summed E-state index contributed by atoms with van der Waals surface area (Å²) in [6.45, 7) is 7.59. The minimum absolute atomic E-state index is 0. The van der Waals surface area contributed by atoms with Crippen LogP contribution in [0.25, 0.3) is 11.1 Å². The minimum atomic E-state index is -3.67. The molecule has 2 aliphatic rings. The summed E-state index contributed by atoms with van der Waals surface area (Å²) in [5.74, 6) is 0. The molecule has 3 N–H and O–H groups in total. The average Bonchev–Trinajstić information content (AvgIpc) is 2.80. The van der Waals surface area contributed by atoms with Gasteiger partial charge in [0.1, 0.15) is 0 Å². The van der Waals surface area contributed by atoms with Crippen LogP contribution in [0.3, 0.4) is 0 Å². The first-order valence-corrected chi connectivity index (χ1v) is 16.3. The van der Waals surface area contributed by atoms with E-state index in [2.05, 4.69) is 26.8 Å². The van der Waals surface area contributed by atoms with E-state index in [0.29, 0.717) is 11.4 Å². The van der Waals surface area contributed by atoms with Crippen LogP contribution in [0.2, 0.25) is 0 Å². The van der Waals surface area contributed by atoms with E-state index in [0.717, 1.165) is 28.1 Å². The summed E-state index contributed by atoms with van der Waals surface area (Å²) in [4.78, 5) is 0. The largest absolute Gasteiger partial charge is 0.406 e. The third-order valence-corrected chi connectivity index (χ3v) is 10.8. The quantitative estimate of drug-likeness (QED) is 0.119. The van der Waals surface area contributed by atoms with Crippen molar-refractivity contribution in [1.29, 1.82) is 0 Å². The summed E-state index contributed by atoms with van der Waals surface area (Å²) in [5.41, 5.74) is 10.9. The Kier molecular flexibility index (Phi) is 15.0. The number of para-hydroxylation sites is 1. The third-order valence-electron chi connectivity index (χ3n) is 6.67. The summed E-state index contributed by atoms with van der Waals surface area (Å²) >= 11 is 0. The zero-order valence-electron chi connectivity index (χ0n) is 22.4. The Morgan fingerprint density at radius 2 is 1.31 bits per heavy atom. The van der Waals surface area contributed by atoms with Gasteiger partial charge in [-0.3, -0.25) is 4.55 Å². The van der Waals surface area contributed by atoms with Crippen LogP contribution in [0.15, 0.2) is 48.5 Å². The van der Waals surface area contributed by atoms with E-state index in [1.165, 1.54) is 38.5 Å². The second-order valence-electron chi connectivity index (χ2n) is 10.8. The van der Waals surface area contributed by atoms with Crippen molar-refractivity contribution in [1.82, 2.24) is 0 Å². The molecule has 0 saturated heterocycles. The maximum Gasteiger partial charge on any atom is 0.261 e. The summed E-state index contributed by atoms with van der Waals surface area (Å²) in [6.07, 6.45) is 16.0. The Labute approximate surface area is 235 Å². The van der Waals surface area contributed by atoms with Gasteiger partial charge in [-0.2, -0.15) is 8.42 Å². The summed E-state index contributed by atoms with van der Waals surface area (Å²) in [5, 5.41) is 0.597. The molecule has 2 saturated carbocycles. The topological polar surface area (TPSA) is 80.4 Å². The molecule has 0 heterocycles. The van der Waals surface area contributed by atoms with E-state index in [1.54, 1.807) is 25.7 Å². The van der Waals surface area contributed by atoms with Gasteiger partial charge in [0.05, 0.1) is 6.26 Å². The Morgan fingerprint density at radius 1 is 0.861 bits per heavy atom. The van der Waals surface area contributed by atoms with Crippen LogP contribution in [0.1, 0.15) is 85.0 Å². The molecule has 2 fully saturated rings. The Hall–Kier alpha value is -0.758. The molecule has 0 bridgehead atoms. The number of rotatable bonds is 3. The summed E-state index contributed by atoms with van der Waals surface area (Å²) < 4.78 is 25.9. The van der Waals surface area contributed by atoms with Gasteiger partial charge in [-0.25, -0.2) is 0 Å². The summed E-state index contributed by atoms with van der Waals surface area (Å²) in [6, 6.07) is 18.8. The molecule has 0 aromatic heterocycles. The third kappa shape index (κ3) is 12.7. The monoisotopic (exact) mass is 624 g/mol. The second-order valence-corrected chi connectivity index (χ2v) is 15.8. The van der Waals surface area contributed by atoms with Gasteiger partial charge in [-0.05, 0) is 53.9 Å². The van der Waals surface area contributed by atoms with Crippen molar-refractivity contribution in [2.75, 3.05) is 12.0 Å². The number of nitrogen functional groups attached to an aromatic ring is 1. The summed E-state index contributed by atoms with van der Waals surface area (Å²) in [7, 11) is -3.40. The van der Waals surface area contributed by atoms with Gasteiger partial charge in [0.25, 0.3) is 10.1 Å². The van der Waals surface area contributed by atoms with Gasteiger partial charge in [0.2, 0.25) is 0 Å². The molecule has 206 valence electrons. The van der Waals surface area contributed by atoms with Gasteiger partial charge >= 0.3 is 0 Å². The van der Waals surface area contributed by atoms with Crippen LogP contribution in [0, 0.1) is 6.07 Å². The first-order chi connectivity index (χ1) is 16.5. The van der Waals surface area contributed by atoms with Crippen LogP contribution in [0.5, 0.6) is 0 Å². The number of anilines is 1. The molecule has 2 aromatic carbocycles. The van der Waals surface area contributed by atoms with Gasteiger partial charge in [-0.15, -0.1) is 35.9 Å². The fourth-order valence-corrected chi connectivity index (χ4v) is 10.0. The molecular formula is C29H45NO3PPdS-. The van der Waals surface area contributed by atoms with Gasteiger partial charge < -0.3 is 5.73 Å². The first-order valence-electron chi connectivity index (χ1n) is 13.0. The van der Waals surface area contributed by atoms with Crippen molar-refractivity contribution in [2.45, 2.75) is 101 Å². The van der Waals surface area contributed by atoms with Crippen molar-refractivity contribution in [3.63, 3.8) is 0 Å². The van der Waals surface area contributed by atoms with E-state index in [4.69, 9.17) is 10.3 Å². The molecule has 0 atom stereocenters. The van der Waals surface area contributed by atoms with Gasteiger partial charge in [0.15, 0.2) is 0 Å². The molecule has 0 aliphatic heterocycles. The minimum Gasteiger partial charge on any atom is -0.406 e. The maximum absolute atomic E-state index is 9.19. The average molecular weight is 625 g/mol. The molecule has 0 radical (unpaired) electrons. The van der Waals surface area contributed by atoms with Crippen LogP contribution >= 0.6 is 7.92 Å². The molecule has 7 heteroatoms. The fourth-order valence-electron chi connectivity index (χ4n) is 5.42. The SMILES string of the molecule is CC(C)(C)P(C1CCCCC1)C1CCCCC1.CS(=O)(=O)O.Nc1ccccc1-c1[c-]cccc1.[Pd]. The van der Waals surface area contributed by atoms with Crippen molar-refractivity contribution in [3.05, 3.63) is 54.6 Å². The van der Waals surface area contributed by atoms with Crippen molar-refractivity contribution in [2.24, 2.45) is 0 Å². The number of nitrogens with two attached hydrogens (primary N) is 1. The Bertz CT molecular complexity index is 942. The van der Waals surface area contributed by atoms with Crippen molar-refractivity contribution < 1.29 is 33.4 Å². The number of benzene rings is 2. The molecule has 4 nitrogen and oxygen atoms in total. The van der Waals surface area contributed by atoms with Gasteiger partial charge in [-0.1, -0.05) is 91.0 Å². The predicted octanol–water partition coefficient (Wildman–Crippen LogP) is 8.17. The molecule has 0 unspecified atom stereocenters. The maximum atomic E-state index is 9.19. The van der Waals surface area contributed by atoms with Crippen molar-refractivity contribution in [3.8, 4) is 11.1 Å². The molecule has 4 rings (SSSR count). The fraction of sp³-hybridized carbons (Fsp3) is 0.586. The van der Waals surface area contributed by atoms with E-state index < -0.39 is 10.1 Å². The van der Waals surface area contributed by atoms with E-state index in [9.17, 15) is 8.42 Å². The Morgan fingerprint density at radius 3 is 1.69 bits per heavy atom. The molecule has 36 heavy (non-hydrogen) atoms. The zero-order chi connectivity index (χ0) is 25.9. The predicted molar refractivity (Wildman–Crippen MR) is 153 cm³/mol. The first kappa shape index (κ1) is 33.3. The van der Waals surface area contributed by atoms with E-state index >= 15 is 0 Å². The van der Waals surface area contributed by atoms with Crippen LogP contribution in [0.4, 0.5) is 5.69 Å². The molecular weight excluding hydrogens is 580 g/mol. The Balaban J connectivity index is 0.000000303. The van der Waals surface area contributed by atoms with Crippen LogP contribution in [-0.2, 0) is 30.5 Å². The normalized spacial score (nSPS) is 17.2. The number of hydrogen-bond acceptors (Lipinski definition) is 3. The molecule has 2 aliphatic carbocycles.